The van der Waals surface area contributed by atoms with Crippen molar-refractivity contribution >= 4 is 27.3 Å². The summed E-state index contributed by atoms with van der Waals surface area (Å²) in [5, 5.41) is 2.64. The Labute approximate surface area is 154 Å². The highest BCUT2D eigenvalue weighted by molar-refractivity contribution is 7.92. The molecule has 0 spiro atoms. The number of nitrogens with one attached hydrogen (secondary N) is 1. The summed E-state index contributed by atoms with van der Waals surface area (Å²) in [5.74, 6) is 0.0142. The molecule has 1 amide bonds. The standard InChI is InChI=1S/C19H22N2O4S/c1-4-9-19(22)20-17-14-16(12-13-18(17)25-3)26(23,24)21(5-2)15-10-7-6-8-11-15/h4,6-14H,5H2,1-3H3,(H,20,22)/b9-4+. The Morgan fingerprint density at radius 1 is 1.19 bits per heavy atom. The van der Waals surface area contributed by atoms with Crippen LogP contribution >= 0.6 is 0 Å². The van der Waals surface area contributed by atoms with Crippen LogP contribution in [-0.4, -0.2) is 28.0 Å². The maximum Gasteiger partial charge on any atom is 0.264 e. The molecule has 2 rings (SSSR count). The van der Waals surface area contributed by atoms with Gasteiger partial charge in [-0.25, -0.2) is 8.42 Å². The van der Waals surface area contributed by atoms with Crippen molar-refractivity contribution in [1.82, 2.24) is 0 Å². The Morgan fingerprint density at radius 2 is 1.88 bits per heavy atom. The molecule has 26 heavy (non-hydrogen) atoms. The summed E-state index contributed by atoms with van der Waals surface area (Å²) in [6, 6.07) is 13.3. The molecule has 0 fully saturated rings. The number of carbonyl (C=O) groups excluding carboxylic acids is 1. The quantitative estimate of drug-likeness (QED) is 0.754. The Hall–Kier alpha value is -2.80. The molecular weight excluding hydrogens is 352 g/mol. The van der Waals surface area contributed by atoms with Gasteiger partial charge in [-0.3, -0.25) is 9.10 Å². The van der Waals surface area contributed by atoms with Crippen molar-refractivity contribution in [3.05, 3.63) is 60.7 Å². The number of anilines is 2. The molecule has 0 aliphatic carbocycles. The molecule has 1 N–H and O–H groups in total. The second-order valence-corrected chi connectivity index (χ2v) is 7.22. The molecule has 2 aromatic carbocycles. The van der Waals surface area contributed by atoms with Crippen LogP contribution in [0.2, 0.25) is 0 Å². The Bertz CT molecular complexity index is 893. The van der Waals surface area contributed by atoms with E-state index >= 15 is 0 Å². The van der Waals surface area contributed by atoms with Gasteiger partial charge in [0, 0.05) is 6.54 Å². The maximum absolute atomic E-state index is 13.1. The van der Waals surface area contributed by atoms with Gasteiger partial charge in [0.15, 0.2) is 0 Å². The van der Waals surface area contributed by atoms with Gasteiger partial charge in [-0.05, 0) is 50.3 Å². The lowest BCUT2D eigenvalue weighted by molar-refractivity contribution is -0.111. The summed E-state index contributed by atoms with van der Waals surface area (Å²) in [4.78, 5) is 11.9. The van der Waals surface area contributed by atoms with E-state index in [1.165, 1.54) is 35.7 Å². The van der Waals surface area contributed by atoms with Gasteiger partial charge in [0.2, 0.25) is 5.91 Å². The van der Waals surface area contributed by atoms with Gasteiger partial charge in [-0.1, -0.05) is 24.3 Å². The predicted molar refractivity (Wildman–Crippen MR) is 103 cm³/mol. The van der Waals surface area contributed by atoms with Gasteiger partial charge in [-0.2, -0.15) is 0 Å². The van der Waals surface area contributed by atoms with Crippen LogP contribution in [-0.2, 0) is 14.8 Å². The number of para-hydroxylation sites is 1. The minimum Gasteiger partial charge on any atom is -0.495 e. The first-order valence-electron chi connectivity index (χ1n) is 8.13. The van der Waals surface area contributed by atoms with E-state index in [0.717, 1.165) is 0 Å². The van der Waals surface area contributed by atoms with Crippen molar-refractivity contribution in [3.8, 4) is 5.75 Å². The van der Waals surface area contributed by atoms with Gasteiger partial charge in [-0.15, -0.1) is 0 Å². The fraction of sp³-hybridized carbons (Fsp3) is 0.211. The first-order valence-corrected chi connectivity index (χ1v) is 9.57. The molecule has 0 heterocycles. The minimum absolute atomic E-state index is 0.0692. The van der Waals surface area contributed by atoms with E-state index < -0.39 is 10.0 Å². The lowest BCUT2D eigenvalue weighted by atomic mass is 10.3. The maximum atomic E-state index is 13.1. The lowest BCUT2D eigenvalue weighted by Crippen LogP contribution is -2.30. The molecule has 0 aliphatic rings. The molecule has 2 aromatic rings. The number of ether oxygens (including phenoxy) is 1. The summed E-state index contributed by atoms with van der Waals surface area (Å²) in [6.07, 6.45) is 2.94. The zero-order valence-corrected chi connectivity index (χ0v) is 15.8. The number of hydrogen-bond donors (Lipinski definition) is 1. The second kappa shape index (κ2) is 8.53. The van der Waals surface area contributed by atoms with Crippen LogP contribution in [0.15, 0.2) is 65.6 Å². The van der Waals surface area contributed by atoms with Crippen LogP contribution in [0.3, 0.4) is 0 Å². The Kier molecular flexibility index (Phi) is 6.41. The van der Waals surface area contributed by atoms with Crippen LogP contribution in [0.25, 0.3) is 0 Å². The summed E-state index contributed by atoms with van der Waals surface area (Å²) in [6.45, 7) is 3.76. The fourth-order valence-electron chi connectivity index (χ4n) is 2.48. The number of sulfonamides is 1. The number of methoxy groups -OCH3 is 1. The van der Waals surface area contributed by atoms with E-state index in [-0.39, 0.29) is 17.3 Å². The van der Waals surface area contributed by atoms with E-state index in [1.807, 2.05) is 6.07 Å². The highest BCUT2D eigenvalue weighted by Gasteiger charge is 2.24. The molecule has 0 saturated heterocycles. The van der Waals surface area contributed by atoms with Gasteiger partial charge in [0.05, 0.1) is 23.4 Å². The molecule has 0 radical (unpaired) electrons. The molecule has 138 valence electrons. The van der Waals surface area contributed by atoms with Gasteiger partial charge in [0.1, 0.15) is 5.75 Å². The molecule has 7 heteroatoms. The predicted octanol–water partition coefficient (Wildman–Crippen LogP) is 3.43. The number of hydrogen-bond acceptors (Lipinski definition) is 4. The van der Waals surface area contributed by atoms with Gasteiger partial charge < -0.3 is 10.1 Å². The normalized spacial score (nSPS) is 11.3. The number of benzene rings is 2. The van der Waals surface area contributed by atoms with E-state index in [9.17, 15) is 13.2 Å². The third kappa shape index (κ3) is 4.23. The largest absolute Gasteiger partial charge is 0.495 e. The number of rotatable bonds is 7. The molecule has 0 unspecified atom stereocenters. The molecule has 0 aliphatic heterocycles. The lowest BCUT2D eigenvalue weighted by Gasteiger charge is -2.23. The Morgan fingerprint density at radius 3 is 2.46 bits per heavy atom. The van der Waals surface area contributed by atoms with E-state index in [2.05, 4.69) is 5.32 Å². The second-order valence-electron chi connectivity index (χ2n) is 5.36. The summed E-state index contributed by atoms with van der Waals surface area (Å²) in [5.41, 5.74) is 0.867. The van der Waals surface area contributed by atoms with Crippen LogP contribution in [0.5, 0.6) is 5.75 Å². The fourth-order valence-corrected chi connectivity index (χ4v) is 3.98. The smallest absolute Gasteiger partial charge is 0.264 e. The highest BCUT2D eigenvalue weighted by Crippen LogP contribution is 2.30. The van der Waals surface area contributed by atoms with Crippen LogP contribution in [0.4, 0.5) is 11.4 Å². The summed E-state index contributed by atoms with van der Waals surface area (Å²) >= 11 is 0. The van der Waals surface area contributed by atoms with Crippen LogP contribution in [0, 0.1) is 0 Å². The minimum atomic E-state index is -3.79. The number of allylic oxidation sites excluding steroid dienone is 1. The summed E-state index contributed by atoms with van der Waals surface area (Å²) < 4.78 is 32.7. The van der Waals surface area contributed by atoms with Crippen molar-refractivity contribution < 1.29 is 17.9 Å². The van der Waals surface area contributed by atoms with Crippen molar-refractivity contribution in [2.45, 2.75) is 18.7 Å². The average molecular weight is 374 g/mol. The van der Waals surface area contributed by atoms with Crippen molar-refractivity contribution in [2.75, 3.05) is 23.3 Å². The number of nitrogens with zero attached hydrogens (tertiary/aromatic N) is 1. The van der Waals surface area contributed by atoms with Gasteiger partial charge >= 0.3 is 0 Å². The average Bonchev–Trinajstić information content (AvgIpc) is 2.63. The molecule has 0 saturated carbocycles. The van der Waals surface area contributed by atoms with E-state index in [0.29, 0.717) is 17.1 Å². The van der Waals surface area contributed by atoms with Crippen molar-refractivity contribution in [3.63, 3.8) is 0 Å². The molecule has 6 nitrogen and oxygen atoms in total. The zero-order valence-electron chi connectivity index (χ0n) is 15.0. The first-order chi connectivity index (χ1) is 12.4. The molecular formula is C19H22N2O4S. The topological polar surface area (TPSA) is 75.7 Å². The number of carbonyl (C=O) groups is 1. The van der Waals surface area contributed by atoms with Crippen LogP contribution < -0.4 is 14.4 Å². The highest BCUT2D eigenvalue weighted by atomic mass is 32.2. The SMILES string of the molecule is C/C=C/C(=O)Nc1cc(S(=O)(=O)N(CC)c2ccccc2)ccc1OC. The third-order valence-electron chi connectivity index (χ3n) is 3.67. The van der Waals surface area contributed by atoms with E-state index in [4.69, 9.17) is 4.74 Å². The third-order valence-corrected chi connectivity index (χ3v) is 5.57. The van der Waals surface area contributed by atoms with Crippen molar-refractivity contribution in [1.29, 1.82) is 0 Å². The first kappa shape index (κ1) is 19.5. The molecule has 0 aromatic heterocycles. The summed E-state index contributed by atoms with van der Waals surface area (Å²) in [7, 11) is -2.34. The monoisotopic (exact) mass is 374 g/mol. The number of amides is 1. The molecule has 0 atom stereocenters. The van der Waals surface area contributed by atoms with E-state index in [1.54, 1.807) is 44.2 Å². The van der Waals surface area contributed by atoms with Crippen molar-refractivity contribution in [2.24, 2.45) is 0 Å². The Balaban J connectivity index is 2.47. The van der Waals surface area contributed by atoms with Gasteiger partial charge in [0.25, 0.3) is 10.0 Å². The van der Waals surface area contributed by atoms with Crippen LogP contribution in [0.1, 0.15) is 13.8 Å². The zero-order chi connectivity index (χ0) is 19.2. The molecule has 0 bridgehead atoms.